The maximum absolute atomic E-state index is 13.1. The second-order valence-corrected chi connectivity index (χ2v) is 7.34. The third-order valence-corrected chi connectivity index (χ3v) is 5.27. The van der Waals surface area contributed by atoms with E-state index in [1.807, 2.05) is 0 Å². The molecule has 1 aliphatic carbocycles. The molecule has 0 unspecified atom stereocenters. The fraction of sp³-hybridized carbons (Fsp3) is 0.304. The molecule has 0 heterocycles. The number of amides is 2. The van der Waals surface area contributed by atoms with Gasteiger partial charge in [-0.25, -0.2) is 0 Å². The van der Waals surface area contributed by atoms with E-state index in [4.69, 9.17) is 4.74 Å². The van der Waals surface area contributed by atoms with Crippen LogP contribution in [-0.2, 0) is 4.79 Å². The molecule has 0 bridgehead atoms. The summed E-state index contributed by atoms with van der Waals surface area (Å²) in [5, 5.41) is 16.5. The fourth-order valence-corrected chi connectivity index (χ4v) is 3.60. The highest BCUT2D eigenvalue weighted by Crippen LogP contribution is 2.26. The molecular formula is C23H25N3O5. The molecular weight excluding hydrogens is 398 g/mol. The number of hydrogen-bond donors (Lipinski definition) is 2. The number of carbonyl (C=O) groups is 2. The van der Waals surface area contributed by atoms with E-state index in [2.05, 4.69) is 10.6 Å². The van der Waals surface area contributed by atoms with Crippen LogP contribution >= 0.6 is 0 Å². The van der Waals surface area contributed by atoms with Gasteiger partial charge in [-0.3, -0.25) is 19.7 Å². The molecule has 2 aromatic rings. The number of ether oxygens (including phenoxy) is 1. The van der Waals surface area contributed by atoms with E-state index in [-0.39, 0.29) is 28.8 Å². The Hall–Kier alpha value is -3.68. The Morgan fingerprint density at radius 1 is 1.06 bits per heavy atom. The van der Waals surface area contributed by atoms with Gasteiger partial charge in [-0.1, -0.05) is 37.5 Å². The minimum Gasteiger partial charge on any atom is -0.496 e. The Morgan fingerprint density at radius 2 is 1.74 bits per heavy atom. The molecule has 0 atom stereocenters. The summed E-state index contributed by atoms with van der Waals surface area (Å²) in [5.74, 6) is -0.259. The molecule has 3 rings (SSSR count). The number of hydrogen-bond acceptors (Lipinski definition) is 5. The summed E-state index contributed by atoms with van der Waals surface area (Å²) in [5.41, 5.74) is 0.975. The van der Waals surface area contributed by atoms with Crippen molar-refractivity contribution in [1.29, 1.82) is 0 Å². The van der Waals surface area contributed by atoms with Gasteiger partial charge in [0.2, 0.25) is 0 Å². The summed E-state index contributed by atoms with van der Waals surface area (Å²) in [6, 6.07) is 12.4. The van der Waals surface area contributed by atoms with Crippen LogP contribution in [-0.4, -0.2) is 29.9 Å². The summed E-state index contributed by atoms with van der Waals surface area (Å²) in [6.07, 6.45) is 6.55. The lowest BCUT2D eigenvalue weighted by Gasteiger charge is -2.23. The lowest BCUT2D eigenvalue weighted by Crippen LogP contribution is -2.37. The van der Waals surface area contributed by atoms with Crippen LogP contribution in [0.3, 0.4) is 0 Å². The van der Waals surface area contributed by atoms with Gasteiger partial charge in [0.15, 0.2) is 0 Å². The molecule has 8 heteroatoms. The summed E-state index contributed by atoms with van der Waals surface area (Å²) < 4.78 is 5.40. The molecule has 1 fully saturated rings. The number of carbonyl (C=O) groups excluding carboxylic acids is 2. The van der Waals surface area contributed by atoms with E-state index < -0.39 is 10.8 Å². The number of para-hydroxylation sites is 1. The summed E-state index contributed by atoms with van der Waals surface area (Å²) in [4.78, 5) is 35.9. The molecule has 0 spiro atoms. The Labute approximate surface area is 180 Å². The molecule has 0 aliphatic heterocycles. The molecule has 2 amide bonds. The van der Waals surface area contributed by atoms with Crippen molar-refractivity contribution in [3.05, 3.63) is 76.0 Å². The smallest absolute Gasteiger partial charge is 0.269 e. The van der Waals surface area contributed by atoms with E-state index in [1.165, 1.54) is 44.0 Å². The van der Waals surface area contributed by atoms with Crippen LogP contribution in [0.2, 0.25) is 0 Å². The number of methoxy groups -OCH3 is 1. The van der Waals surface area contributed by atoms with Crippen LogP contribution in [0.5, 0.6) is 5.75 Å². The van der Waals surface area contributed by atoms with E-state index in [0.717, 1.165) is 25.7 Å². The van der Waals surface area contributed by atoms with Crippen molar-refractivity contribution in [3.8, 4) is 5.75 Å². The first-order valence-electron chi connectivity index (χ1n) is 10.2. The lowest BCUT2D eigenvalue weighted by atomic mass is 9.95. The Bertz CT molecular complexity index is 979. The minimum atomic E-state index is -0.531. The van der Waals surface area contributed by atoms with Crippen molar-refractivity contribution in [2.24, 2.45) is 0 Å². The van der Waals surface area contributed by atoms with Gasteiger partial charge in [-0.2, -0.15) is 0 Å². The van der Waals surface area contributed by atoms with Crippen molar-refractivity contribution < 1.29 is 19.2 Å². The maximum Gasteiger partial charge on any atom is 0.269 e. The number of nitrogens with zero attached hydrogens (tertiary/aromatic N) is 1. The zero-order chi connectivity index (χ0) is 22.2. The van der Waals surface area contributed by atoms with Crippen molar-refractivity contribution in [3.63, 3.8) is 0 Å². The van der Waals surface area contributed by atoms with Crippen LogP contribution in [0.15, 0.2) is 54.7 Å². The SMILES string of the molecule is COc1ccccc1C(=CNC(=O)c1ccc([N+](=O)[O-])cc1)C(=O)NC1CCCCC1. The fourth-order valence-electron chi connectivity index (χ4n) is 3.60. The van der Waals surface area contributed by atoms with E-state index in [9.17, 15) is 19.7 Å². The molecule has 0 saturated heterocycles. The standard InChI is InChI=1S/C23H25N3O5/c1-31-21-10-6-5-9-19(21)20(23(28)25-17-7-3-2-4-8-17)15-24-22(27)16-11-13-18(14-12-16)26(29)30/h5-6,9-15,17H,2-4,7-8H2,1H3,(H,24,27)(H,25,28). The third kappa shape index (κ3) is 5.69. The Balaban J connectivity index is 1.84. The third-order valence-electron chi connectivity index (χ3n) is 5.27. The number of nitro groups is 1. The second-order valence-electron chi connectivity index (χ2n) is 7.34. The van der Waals surface area contributed by atoms with Crippen molar-refractivity contribution in [1.82, 2.24) is 10.6 Å². The van der Waals surface area contributed by atoms with Gasteiger partial charge in [0, 0.05) is 35.5 Å². The highest BCUT2D eigenvalue weighted by atomic mass is 16.6. The van der Waals surface area contributed by atoms with Gasteiger partial charge in [-0.15, -0.1) is 0 Å². The Morgan fingerprint density at radius 3 is 2.39 bits per heavy atom. The average Bonchev–Trinajstić information content (AvgIpc) is 2.80. The quantitative estimate of drug-likeness (QED) is 0.400. The number of non-ortho nitro benzene ring substituents is 1. The molecule has 2 aromatic carbocycles. The molecule has 0 radical (unpaired) electrons. The molecule has 0 aromatic heterocycles. The van der Waals surface area contributed by atoms with Gasteiger partial charge >= 0.3 is 0 Å². The largest absolute Gasteiger partial charge is 0.496 e. The van der Waals surface area contributed by atoms with Crippen molar-refractivity contribution >= 4 is 23.1 Å². The highest BCUT2D eigenvalue weighted by Gasteiger charge is 2.21. The minimum absolute atomic E-state index is 0.102. The molecule has 1 aliphatic rings. The predicted octanol–water partition coefficient (Wildman–Crippen LogP) is 3.82. The number of nitro benzene ring substituents is 1. The zero-order valence-corrected chi connectivity index (χ0v) is 17.3. The first kappa shape index (κ1) is 22.0. The number of benzene rings is 2. The lowest BCUT2D eigenvalue weighted by molar-refractivity contribution is -0.384. The van der Waals surface area contributed by atoms with E-state index in [0.29, 0.717) is 11.3 Å². The first-order chi connectivity index (χ1) is 15.0. The number of nitrogens with one attached hydrogen (secondary N) is 2. The van der Waals surface area contributed by atoms with Crippen LogP contribution in [0.25, 0.3) is 5.57 Å². The second kappa shape index (κ2) is 10.4. The maximum atomic E-state index is 13.1. The first-order valence-corrected chi connectivity index (χ1v) is 10.2. The van der Waals surface area contributed by atoms with Gasteiger partial charge in [0.25, 0.3) is 17.5 Å². The monoisotopic (exact) mass is 423 g/mol. The highest BCUT2D eigenvalue weighted by molar-refractivity contribution is 6.20. The molecule has 1 saturated carbocycles. The normalized spacial score (nSPS) is 14.5. The van der Waals surface area contributed by atoms with Crippen LogP contribution in [0.1, 0.15) is 48.0 Å². The van der Waals surface area contributed by atoms with Gasteiger partial charge < -0.3 is 15.4 Å². The van der Waals surface area contributed by atoms with Gasteiger partial charge in [0.1, 0.15) is 5.75 Å². The van der Waals surface area contributed by atoms with Gasteiger partial charge in [0.05, 0.1) is 17.6 Å². The molecule has 2 N–H and O–H groups in total. The molecule has 31 heavy (non-hydrogen) atoms. The summed E-state index contributed by atoms with van der Waals surface area (Å²) >= 11 is 0. The molecule has 162 valence electrons. The van der Waals surface area contributed by atoms with E-state index >= 15 is 0 Å². The van der Waals surface area contributed by atoms with Crippen molar-refractivity contribution in [2.75, 3.05) is 7.11 Å². The number of rotatable bonds is 7. The summed E-state index contributed by atoms with van der Waals surface area (Å²) in [7, 11) is 1.52. The van der Waals surface area contributed by atoms with Crippen LogP contribution < -0.4 is 15.4 Å². The average molecular weight is 423 g/mol. The Kier molecular flexibility index (Phi) is 7.37. The molecule has 8 nitrogen and oxygen atoms in total. The van der Waals surface area contributed by atoms with Crippen LogP contribution in [0, 0.1) is 10.1 Å². The van der Waals surface area contributed by atoms with E-state index in [1.54, 1.807) is 24.3 Å². The van der Waals surface area contributed by atoms with Crippen molar-refractivity contribution in [2.45, 2.75) is 38.1 Å². The topological polar surface area (TPSA) is 111 Å². The van der Waals surface area contributed by atoms with Gasteiger partial charge in [-0.05, 0) is 31.0 Å². The predicted molar refractivity (Wildman–Crippen MR) is 117 cm³/mol. The summed E-state index contributed by atoms with van der Waals surface area (Å²) in [6.45, 7) is 0. The van der Waals surface area contributed by atoms with Crippen LogP contribution in [0.4, 0.5) is 5.69 Å². The zero-order valence-electron chi connectivity index (χ0n) is 17.3.